The van der Waals surface area contributed by atoms with Gasteiger partial charge in [0.1, 0.15) is 5.01 Å². The average Bonchev–Trinajstić information content (AvgIpc) is 3.09. The molecule has 0 radical (unpaired) electrons. The van der Waals surface area contributed by atoms with Gasteiger partial charge in [0.25, 0.3) is 0 Å². The van der Waals surface area contributed by atoms with Crippen molar-refractivity contribution in [1.82, 2.24) is 10.3 Å². The number of carbonyl (C=O) groups is 1. The molecule has 0 unspecified atom stereocenters. The molecule has 1 amide bonds. The summed E-state index contributed by atoms with van der Waals surface area (Å²) in [6.07, 6.45) is 0.323. The van der Waals surface area contributed by atoms with E-state index in [1.165, 1.54) is 11.1 Å². The maximum Gasteiger partial charge on any atom is 0.226 e. The first-order valence-electron chi connectivity index (χ1n) is 8.45. The Morgan fingerprint density at radius 2 is 1.84 bits per heavy atom. The van der Waals surface area contributed by atoms with Gasteiger partial charge in [0.05, 0.1) is 12.1 Å². The maximum atomic E-state index is 12.2. The van der Waals surface area contributed by atoms with Gasteiger partial charge in [-0.1, -0.05) is 67.1 Å². The van der Waals surface area contributed by atoms with Gasteiger partial charge in [-0.05, 0) is 18.4 Å². The minimum Gasteiger partial charge on any atom is -0.355 e. The van der Waals surface area contributed by atoms with Crippen LogP contribution >= 0.6 is 11.3 Å². The zero-order valence-corrected chi connectivity index (χ0v) is 15.3. The van der Waals surface area contributed by atoms with E-state index in [4.69, 9.17) is 0 Å². The Morgan fingerprint density at radius 3 is 2.56 bits per heavy atom. The average molecular weight is 350 g/mol. The monoisotopic (exact) mass is 350 g/mol. The first-order chi connectivity index (χ1) is 12.1. The van der Waals surface area contributed by atoms with Gasteiger partial charge in [0.15, 0.2) is 0 Å². The lowest BCUT2D eigenvalue weighted by Crippen LogP contribution is -2.28. The van der Waals surface area contributed by atoms with Crippen LogP contribution in [-0.2, 0) is 11.2 Å². The Morgan fingerprint density at radius 1 is 1.12 bits per heavy atom. The van der Waals surface area contributed by atoms with Gasteiger partial charge in [-0.2, -0.15) is 0 Å². The normalized spacial score (nSPS) is 11.9. The molecule has 1 aromatic heterocycles. The van der Waals surface area contributed by atoms with Crippen LogP contribution in [0.15, 0.2) is 60.0 Å². The van der Waals surface area contributed by atoms with Crippen LogP contribution in [-0.4, -0.2) is 17.4 Å². The van der Waals surface area contributed by atoms with Crippen LogP contribution in [0.3, 0.4) is 0 Å². The summed E-state index contributed by atoms with van der Waals surface area (Å²) in [4.78, 5) is 16.8. The molecule has 2 aromatic carbocycles. The van der Waals surface area contributed by atoms with E-state index in [0.717, 1.165) is 16.3 Å². The molecular weight excluding hydrogens is 328 g/mol. The van der Waals surface area contributed by atoms with Crippen LogP contribution < -0.4 is 5.32 Å². The van der Waals surface area contributed by atoms with E-state index in [-0.39, 0.29) is 5.91 Å². The van der Waals surface area contributed by atoms with E-state index in [1.54, 1.807) is 11.3 Å². The van der Waals surface area contributed by atoms with Crippen molar-refractivity contribution in [2.75, 3.05) is 6.54 Å². The number of benzene rings is 2. The van der Waals surface area contributed by atoms with Crippen LogP contribution in [0.1, 0.15) is 29.7 Å². The fourth-order valence-corrected chi connectivity index (χ4v) is 3.44. The van der Waals surface area contributed by atoms with Crippen molar-refractivity contribution in [3.8, 4) is 10.6 Å². The molecule has 1 atom stereocenters. The predicted molar refractivity (Wildman–Crippen MR) is 104 cm³/mol. The smallest absolute Gasteiger partial charge is 0.226 e. The van der Waals surface area contributed by atoms with E-state index in [2.05, 4.69) is 60.5 Å². The second-order valence-electron chi connectivity index (χ2n) is 6.30. The zero-order valence-electron chi connectivity index (χ0n) is 14.5. The largest absolute Gasteiger partial charge is 0.355 e. The van der Waals surface area contributed by atoms with Gasteiger partial charge >= 0.3 is 0 Å². The van der Waals surface area contributed by atoms with E-state index in [1.807, 2.05) is 23.6 Å². The van der Waals surface area contributed by atoms with Gasteiger partial charge in [-0.3, -0.25) is 4.79 Å². The topological polar surface area (TPSA) is 42.0 Å². The van der Waals surface area contributed by atoms with Gasteiger partial charge in [0.2, 0.25) is 5.91 Å². The van der Waals surface area contributed by atoms with Crippen molar-refractivity contribution in [3.63, 3.8) is 0 Å². The lowest BCUT2D eigenvalue weighted by molar-refractivity contribution is -0.120. The van der Waals surface area contributed by atoms with Crippen LogP contribution in [0, 0.1) is 6.92 Å². The summed E-state index contributed by atoms with van der Waals surface area (Å²) in [6, 6.07) is 18.5. The lowest BCUT2D eigenvalue weighted by atomic mass is 10.0. The SMILES string of the molecule is Cc1ccc(-c2nc(CC(=O)NC[C@H](C)c3ccccc3)cs2)cc1. The molecule has 4 heteroatoms. The second kappa shape index (κ2) is 8.08. The molecule has 0 aliphatic carbocycles. The van der Waals surface area contributed by atoms with E-state index in [0.29, 0.717) is 18.9 Å². The molecule has 0 spiro atoms. The molecule has 0 saturated heterocycles. The van der Waals surface area contributed by atoms with Crippen LogP contribution in [0.2, 0.25) is 0 Å². The molecule has 0 fully saturated rings. The molecule has 128 valence electrons. The quantitative estimate of drug-likeness (QED) is 0.707. The molecule has 25 heavy (non-hydrogen) atoms. The molecule has 1 heterocycles. The first-order valence-corrected chi connectivity index (χ1v) is 9.33. The molecule has 3 aromatic rings. The Hall–Kier alpha value is -2.46. The highest BCUT2D eigenvalue weighted by Gasteiger charge is 2.11. The van der Waals surface area contributed by atoms with Crippen molar-refractivity contribution in [2.24, 2.45) is 0 Å². The van der Waals surface area contributed by atoms with Crippen molar-refractivity contribution < 1.29 is 4.79 Å². The number of nitrogens with zero attached hydrogens (tertiary/aromatic N) is 1. The standard InChI is InChI=1S/C21H22N2OS/c1-15-8-10-18(11-9-15)21-23-19(14-25-21)12-20(24)22-13-16(2)17-6-4-3-5-7-17/h3-11,14,16H,12-13H2,1-2H3,(H,22,24)/t16-/m0/s1. The number of aryl methyl sites for hydroxylation is 1. The predicted octanol–water partition coefficient (Wildman–Crippen LogP) is 4.58. The van der Waals surface area contributed by atoms with Crippen LogP contribution in [0.4, 0.5) is 0 Å². The van der Waals surface area contributed by atoms with Crippen molar-refractivity contribution in [1.29, 1.82) is 0 Å². The van der Waals surface area contributed by atoms with E-state index in [9.17, 15) is 4.79 Å². The second-order valence-corrected chi connectivity index (χ2v) is 7.16. The number of thiazole rings is 1. The van der Waals surface area contributed by atoms with Crippen LogP contribution in [0.5, 0.6) is 0 Å². The number of hydrogen-bond donors (Lipinski definition) is 1. The highest BCUT2D eigenvalue weighted by atomic mass is 32.1. The molecule has 3 rings (SSSR count). The Bertz CT molecular complexity index is 825. The van der Waals surface area contributed by atoms with Crippen molar-refractivity contribution in [2.45, 2.75) is 26.2 Å². The summed E-state index contributed by atoms with van der Waals surface area (Å²) < 4.78 is 0. The number of hydrogen-bond acceptors (Lipinski definition) is 3. The van der Waals surface area contributed by atoms with Gasteiger partial charge in [-0.25, -0.2) is 4.98 Å². The Kier molecular flexibility index (Phi) is 5.61. The third-order valence-corrected chi connectivity index (χ3v) is 5.11. The van der Waals surface area contributed by atoms with Crippen LogP contribution in [0.25, 0.3) is 10.6 Å². The molecule has 0 bridgehead atoms. The van der Waals surface area contributed by atoms with Crippen molar-refractivity contribution >= 4 is 17.2 Å². The van der Waals surface area contributed by atoms with Gasteiger partial charge < -0.3 is 5.32 Å². The van der Waals surface area contributed by atoms with Crippen molar-refractivity contribution in [3.05, 3.63) is 76.8 Å². The zero-order chi connectivity index (χ0) is 17.6. The fraction of sp³-hybridized carbons (Fsp3) is 0.238. The molecule has 3 nitrogen and oxygen atoms in total. The fourth-order valence-electron chi connectivity index (χ4n) is 2.61. The third-order valence-electron chi connectivity index (χ3n) is 4.17. The number of carbonyl (C=O) groups excluding carboxylic acids is 1. The Balaban J connectivity index is 1.54. The molecule has 1 N–H and O–H groups in total. The Labute approximate surface area is 152 Å². The number of aromatic nitrogens is 1. The summed E-state index contributed by atoms with van der Waals surface area (Å²) in [5, 5.41) is 5.94. The van der Waals surface area contributed by atoms with Gasteiger partial charge in [-0.15, -0.1) is 11.3 Å². The highest BCUT2D eigenvalue weighted by Crippen LogP contribution is 2.24. The lowest BCUT2D eigenvalue weighted by Gasteiger charge is -2.12. The third kappa shape index (κ3) is 4.77. The molecule has 0 aliphatic rings. The highest BCUT2D eigenvalue weighted by molar-refractivity contribution is 7.13. The number of nitrogens with one attached hydrogen (secondary N) is 1. The molecular formula is C21H22N2OS. The summed E-state index contributed by atoms with van der Waals surface area (Å²) in [5.41, 5.74) is 4.39. The maximum absolute atomic E-state index is 12.2. The number of amides is 1. The molecule has 0 saturated carbocycles. The molecule has 0 aliphatic heterocycles. The first kappa shape index (κ1) is 17.4. The van der Waals surface area contributed by atoms with E-state index >= 15 is 0 Å². The summed E-state index contributed by atoms with van der Waals surface area (Å²) in [7, 11) is 0. The summed E-state index contributed by atoms with van der Waals surface area (Å²) in [6.45, 7) is 4.82. The number of rotatable bonds is 6. The van der Waals surface area contributed by atoms with Gasteiger partial charge in [0, 0.05) is 17.5 Å². The van der Waals surface area contributed by atoms with E-state index < -0.39 is 0 Å². The summed E-state index contributed by atoms with van der Waals surface area (Å²) in [5.74, 6) is 0.312. The minimum absolute atomic E-state index is 0.0172. The summed E-state index contributed by atoms with van der Waals surface area (Å²) >= 11 is 1.58. The minimum atomic E-state index is 0.0172.